The van der Waals surface area contributed by atoms with Crippen LogP contribution in [0.2, 0.25) is 0 Å². The number of nitrogens with two attached hydrogens (primary N) is 1. The first-order chi connectivity index (χ1) is 9.11. The van der Waals surface area contributed by atoms with Crippen molar-refractivity contribution in [2.75, 3.05) is 18.4 Å². The third-order valence-electron chi connectivity index (χ3n) is 4.21. The van der Waals surface area contributed by atoms with Crippen molar-refractivity contribution in [3.63, 3.8) is 0 Å². The Kier molecular flexibility index (Phi) is 3.56. The molecule has 2 aliphatic rings. The van der Waals surface area contributed by atoms with Gasteiger partial charge in [0.05, 0.1) is 5.69 Å². The number of thiazole rings is 1. The molecule has 0 radical (unpaired) electrons. The van der Waals surface area contributed by atoms with Gasteiger partial charge in [0.2, 0.25) is 5.91 Å². The van der Waals surface area contributed by atoms with Crippen LogP contribution in [0.4, 0.5) is 5.13 Å². The molecule has 0 aromatic carbocycles. The number of hydrogen-bond acceptors (Lipinski definition) is 5. The smallest absolute Gasteiger partial charge is 0.223 e. The Labute approximate surface area is 117 Å². The predicted molar refractivity (Wildman–Crippen MR) is 75.9 cm³/mol. The molecule has 5 nitrogen and oxygen atoms in total. The van der Waals surface area contributed by atoms with Gasteiger partial charge in [-0.15, -0.1) is 11.3 Å². The van der Waals surface area contributed by atoms with Crippen LogP contribution in [-0.4, -0.2) is 34.9 Å². The number of nitrogens with zero attached hydrogens (tertiary/aromatic N) is 2. The number of amides is 1. The van der Waals surface area contributed by atoms with Crippen LogP contribution < -0.4 is 11.1 Å². The van der Waals surface area contributed by atoms with Crippen molar-refractivity contribution in [3.05, 3.63) is 11.1 Å². The lowest BCUT2D eigenvalue weighted by Gasteiger charge is -2.16. The number of rotatable bonds is 3. The third-order valence-corrected chi connectivity index (χ3v) is 5.01. The van der Waals surface area contributed by atoms with E-state index in [1.54, 1.807) is 0 Å². The first kappa shape index (κ1) is 13.0. The Morgan fingerprint density at radius 2 is 2.42 bits per heavy atom. The van der Waals surface area contributed by atoms with E-state index < -0.39 is 0 Å². The van der Waals surface area contributed by atoms with E-state index in [2.05, 4.69) is 15.2 Å². The SMILES string of the molecule is CC(=O)Nc1nc(CN2CC3CCC(N)C3C2)cs1. The zero-order valence-electron chi connectivity index (χ0n) is 11.1. The summed E-state index contributed by atoms with van der Waals surface area (Å²) in [6.45, 7) is 4.62. The second kappa shape index (κ2) is 5.19. The van der Waals surface area contributed by atoms with Gasteiger partial charge >= 0.3 is 0 Å². The lowest BCUT2D eigenvalue weighted by atomic mass is 9.98. The van der Waals surface area contributed by atoms with Gasteiger partial charge in [-0.25, -0.2) is 4.98 Å². The van der Waals surface area contributed by atoms with E-state index in [-0.39, 0.29) is 5.91 Å². The average molecular weight is 280 g/mol. The van der Waals surface area contributed by atoms with E-state index in [1.165, 1.54) is 31.1 Å². The minimum atomic E-state index is -0.0671. The van der Waals surface area contributed by atoms with Gasteiger partial charge in [-0.05, 0) is 24.7 Å². The number of anilines is 1. The van der Waals surface area contributed by atoms with Gasteiger partial charge in [0.1, 0.15) is 0 Å². The van der Waals surface area contributed by atoms with E-state index in [9.17, 15) is 4.79 Å². The van der Waals surface area contributed by atoms with Crippen molar-refractivity contribution in [1.82, 2.24) is 9.88 Å². The maximum absolute atomic E-state index is 11.0. The zero-order chi connectivity index (χ0) is 13.4. The van der Waals surface area contributed by atoms with Gasteiger partial charge in [-0.3, -0.25) is 9.69 Å². The van der Waals surface area contributed by atoms with Crippen molar-refractivity contribution in [3.8, 4) is 0 Å². The normalized spacial score (nSPS) is 30.5. The number of likely N-dealkylation sites (tertiary alicyclic amines) is 1. The summed E-state index contributed by atoms with van der Waals surface area (Å²) >= 11 is 1.49. The van der Waals surface area contributed by atoms with Crippen molar-refractivity contribution in [2.45, 2.75) is 32.4 Å². The van der Waals surface area contributed by atoms with Crippen molar-refractivity contribution in [2.24, 2.45) is 17.6 Å². The van der Waals surface area contributed by atoms with Crippen LogP contribution in [0, 0.1) is 11.8 Å². The average Bonchev–Trinajstić information content (AvgIpc) is 2.99. The second-order valence-corrected chi connectivity index (χ2v) is 6.54. The van der Waals surface area contributed by atoms with Crippen LogP contribution >= 0.6 is 11.3 Å². The Morgan fingerprint density at radius 1 is 1.58 bits per heavy atom. The Morgan fingerprint density at radius 3 is 3.16 bits per heavy atom. The largest absolute Gasteiger partial charge is 0.327 e. The highest BCUT2D eigenvalue weighted by Gasteiger charge is 2.40. The maximum Gasteiger partial charge on any atom is 0.223 e. The lowest BCUT2D eigenvalue weighted by Crippen LogP contribution is -2.30. The Balaban J connectivity index is 1.57. The molecule has 0 bridgehead atoms. The lowest BCUT2D eigenvalue weighted by molar-refractivity contribution is -0.114. The minimum Gasteiger partial charge on any atom is -0.327 e. The molecule has 1 aromatic rings. The molecule has 2 fully saturated rings. The fraction of sp³-hybridized carbons (Fsp3) is 0.692. The number of carbonyl (C=O) groups is 1. The van der Waals surface area contributed by atoms with Crippen LogP contribution in [0.5, 0.6) is 0 Å². The van der Waals surface area contributed by atoms with E-state index in [0.717, 1.165) is 31.2 Å². The summed E-state index contributed by atoms with van der Waals surface area (Å²) in [7, 11) is 0. The Hall–Kier alpha value is -0.980. The molecule has 2 heterocycles. The highest BCUT2D eigenvalue weighted by Crippen LogP contribution is 2.37. The molecule has 0 spiro atoms. The van der Waals surface area contributed by atoms with Crippen LogP contribution in [0.3, 0.4) is 0 Å². The van der Waals surface area contributed by atoms with E-state index in [4.69, 9.17) is 5.73 Å². The van der Waals surface area contributed by atoms with Gasteiger partial charge in [0, 0.05) is 38.0 Å². The van der Waals surface area contributed by atoms with Crippen LogP contribution in [0.25, 0.3) is 0 Å². The number of hydrogen-bond donors (Lipinski definition) is 2. The van der Waals surface area contributed by atoms with Crippen molar-refractivity contribution >= 4 is 22.4 Å². The fourth-order valence-corrected chi connectivity index (χ4v) is 4.09. The minimum absolute atomic E-state index is 0.0671. The van der Waals surface area contributed by atoms with Gasteiger partial charge < -0.3 is 11.1 Å². The number of aromatic nitrogens is 1. The molecule has 3 N–H and O–H groups in total. The quantitative estimate of drug-likeness (QED) is 0.874. The molecule has 1 saturated heterocycles. The first-order valence-corrected chi connectivity index (χ1v) is 7.69. The summed E-state index contributed by atoms with van der Waals surface area (Å²) in [5.74, 6) is 1.39. The van der Waals surface area contributed by atoms with Crippen LogP contribution in [0.1, 0.15) is 25.5 Å². The van der Waals surface area contributed by atoms with Gasteiger partial charge in [0.25, 0.3) is 0 Å². The second-order valence-electron chi connectivity index (χ2n) is 5.68. The number of nitrogens with one attached hydrogen (secondary N) is 1. The molecule has 1 saturated carbocycles. The van der Waals surface area contributed by atoms with E-state index in [0.29, 0.717) is 17.1 Å². The maximum atomic E-state index is 11.0. The topological polar surface area (TPSA) is 71.2 Å². The molecule has 6 heteroatoms. The fourth-order valence-electron chi connectivity index (χ4n) is 3.35. The van der Waals surface area contributed by atoms with Crippen molar-refractivity contribution in [1.29, 1.82) is 0 Å². The van der Waals surface area contributed by atoms with Gasteiger partial charge in [-0.2, -0.15) is 0 Å². The summed E-state index contributed by atoms with van der Waals surface area (Å²) in [6.07, 6.45) is 2.46. The summed E-state index contributed by atoms with van der Waals surface area (Å²) in [5.41, 5.74) is 7.19. The number of fused-ring (bicyclic) bond motifs is 1. The number of carbonyl (C=O) groups excluding carboxylic acids is 1. The monoisotopic (exact) mass is 280 g/mol. The molecule has 1 aliphatic heterocycles. The molecule has 3 rings (SSSR count). The first-order valence-electron chi connectivity index (χ1n) is 6.82. The summed E-state index contributed by atoms with van der Waals surface area (Å²) < 4.78 is 0. The summed E-state index contributed by atoms with van der Waals surface area (Å²) in [6, 6.07) is 0.389. The highest BCUT2D eigenvalue weighted by molar-refractivity contribution is 7.13. The zero-order valence-corrected chi connectivity index (χ0v) is 11.9. The molecule has 1 aliphatic carbocycles. The molecular weight excluding hydrogens is 260 g/mol. The molecule has 104 valence electrons. The molecule has 1 amide bonds. The third kappa shape index (κ3) is 2.80. The van der Waals surface area contributed by atoms with Gasteiger partial charge in [0.15, 0.2) is 5.13 Å². The van der Waals surface area contributed by atoms with E-state index in [1.807, 2.05) is 5.38 Å². The predicted octanol–water partition coefficient (Wildman–Crippen LogP) is 1.27. The van der Waals surface area contributed by atoms with Gasteiger partial charge in [-0.1, -0.05) is 0 Å². The summed E-state index contributed by atoms with van der Waals surface area (Å²) in [4.78, 5) is 17.9. The van der Waals surface area contributed by atoms with Crippen molar-refractivity contribution < 1.29 is 4.79 Å². The standard InChI is InChI=1S/C13H20N4OS/c1-8(18)15-13-16-10(7-19-13)5-17-4-9-2-3-12(14)11(9)6-17/h7,9,11-12H,2-6,14H2,1H3,(H,15,16,18). The molecule has 19 heavy (non-hydrogen) atoms. The van der Waals surface area contributed by atoms with Crippen LogP contribution in [0.15, 0.2) is 5.38 Å². The molecule has 3 atom stereocenters. The molecular formula is C13H20N4OS. The highest BCUT2D eigenvalue weighted by atomic mass is 32.1. The van der Waals surface area contributed by atoms with E-state index >= 15 is 0 Å². The Bertz CT molecular complexity index is 475. The van der Waals surface area contributed by atoms with Crippen LogP contribution in [-0.2, 0) is 11.3 Å². The molecule has 3 unspecified atom stereocenters. The molecule has 1 aromatic heterocycles. The summed E-state index contributed by atoms with van der Waals surface area (Å²) in [5, 5.41) is 5.45.